The Morgan fingerprint density at radius 2 is 1.84 bits per heavy atom. The molecule has 4 heteroatoms. The van der Waals surface area contributed by atoms with Crippen molar-refractivity contribution >= 4 is 11.9 Å². The molecule has 0 aromatic heterocycles. The summed E-state index contributed by atoms with van der Waals surface area (Å²) in [6.45, 7) is 2.43. The third kappa shape index (κ3) is 3.10. The first kappa shape index (κ1) is 14.4. The molecular weight excluding hydrogens is 242 g/mol. The normalized spacial score (nSPS) is 29.9. The Morgan fingerprint density at radius 1 is 1.16 bits per heavy atom. The zero-order chi connectivity index (χ0) is 13.9. The molecule has 19 heavy (non-hydrogen) atoms. The van der Waals surface area contributed by atoms with Gasteiger partial charge in [0.2, 0.25) is 5.91 Å². The fraction of sp³-hybridized carbons (Fsp3) is 0.867. The van der Waals surface area contributed by atoms with Crippen molar-refractivity contribution in [3.05, 3.63) is 0 Å². The number of nitrogens with one attached hydrogen (secondary N) is 1. The average Bonchev–Trinajstić information content (AvgIpc) is 2.83. The van der Waals surface area contributed by atoms with Gasteiger partial charge in [0, 0.05) is 12.5 Å². The van der Waals surface area contributed by atoms with Gasteiger partial charge in [-0.05, 0) is 31.6 Å². The van der Waals surface area contributed by atoms with Crippen molar-refractivity contribution in [2.45, 2.75) is 58.3 Å². The first-order valence-corrected chi connectivity index (χ1v) is 7.56. The zero-order valence-corrected chi connectivity index (χ0v) is 11.8. The van der Waals surface area contributed by atoms with Gasteiger partial charge in [-0.3, -0.25) is 9.59 Å². The maximum atomic E-state index is 12.2. The Labute approximate surface area is 115 Å². The second kappa shape index (κ2) is 5.93. The van der Waals surface area contributed by atoms with Crippen molar-refractivity contribution in [2.75, 3.05) is 6.54 Å². The van der Waals surface area contributed by atoms with Crippen LogP contribution in [0.1, 0.15) is 58.3 Å². The van der Waals surface area contributed by atoms with E-state index in [0.29, 0.717) is 25.3 Å². The third-order valence-corrected chi connectivity index (χ3v) is 5.06. The summed E-state index contributed by atoms with van der Waals surface area (Å²) in [4.78, 5) is 23.7. The second-order valence-electron chi connectivity index (χ2n) is 6.38. The SMILES string of the molecule is CC1CCCC1C(=O)NCC1(C(=O)O)CCCCC1. The minimum atomic E-state index is -0.744. The van der Waals surface area contributed by atoms with Gasteiger partial charge in [0.05, 0.1) is 5.41 Å². The molecule has 0 heterocycles. The Balaban J connectivity index is 1.91. The number of amides is 1. The Hall–Kier alpha value is -1.06. The van der Waals surface area contributed by atoms with Crippen LogP contribution in [0.4, 0.5) is 0 Å². The summed E-state index contributed by atoms with van der Waals surface area (Å²) in [7, 11) is 0. The summed E-state index contributed by atoms with van der Waals surface area (Å²) in [5.41, 5.74) is -0.713. The van der Waals surface area contributed by atoms with Gasteiger partial charge in [-0.25, -0.2) is 0 Å². The maximum absolute atomic E-state index is 12.2. The zero-order valence-electron chi connectivity index (χ0n) is 11.8. The molecule has 2 aliphatic carbocycles. The largest absolute Gasteiger partial charge is 0.481 e. The Kier molecular flexibility index (Phi) is 4.48. The van der Waals surface area contributed by atoms with Gasteiger partial charge < -0.3 is 10.4 Å². The van der Waals surface area contributed by atoms with Crippen LogP contribution >= 0.6 is 0 Å². The summed E-state index contributed by atoms with van der Waals surface area (Å²) in [6.07, 6.45) is 7.61. The molecule has 108 valence electrons. The molecule has 0 aromatic carbocycles. The van der Waals surface area contributed by atoms with E-state index in [0.717, 1.165) is 38.5 Å². The van der Waals surface area contributed by atoms with Crippen molar-refractivity contribution in [1.82, 2.24) is 5.32 Å². The molecule has 2 fully saturated rings. The van der Waals surface area contributed by atoms with Crippen LogP contribution in [-0.4, -0.2) is 23.5 Å². The van der Waals surface area contributed by atoms with E-state index in [-0.39, 0.29) is 11.8 Å². The Morgan fingerprint density at radius 3 is 2.37 bits per heavy atom. The highest BCUT2D eigenvalue weighted by Gasteiger charge is 2.40. The molecule has 2 N–H and O–H groups in total. The fourth-order valence-electron chi connectivity index (χ4n) is 3.62. The van der Waals surface area contributed by atoms with Crippen LogP contribution < -0.4 is 5.32 Å². The lowest BCUT2D eigenvalue weighted by molar-refractivity contribution is -0.151. The van der Waals surface area contributed by atoms with Gasteiger partial charge in [0.15, 0.2) is 0 Å². The molecule has 2 saturated carbocycles. The van der Waals surface area contributed by atoms with E-state index in [1.807, 2.05) is 0 Å². The molecule has 4 nitrogen and oxygen atoms in total. The molecule has 2 aliphatic rings. The van der Waals surface area contributed by atoms with E-state index in [9.17, 15) is 14.7 Å². The topological polar surface area (TPSA) is 66.4 Å². The van der Waals surface area contributed by atoms with E-state index >= 15 is 0 Å². The molecular formula is C15H25NO3. The van der Waals surface area contributed by atoms with Crippen molar-refractivity contribution < 1.29 is 14.7 Å². The molecule has 0 radical (unpaired) electrons. The lowest BCUT2D eigenvalue weighted by Crippen LogP contribution is -2.46. The molecule has 1 amide bonds. The highest BCUT2D eigenvalue weighted by atomic mass is 16.4. The maximum Gasteiger partial charge on any atom is 0.311 e. The number of aliphatic carboxylic acids is 1. The minimum Gasteiger partial charge on any atom is -0.481 e. The van der Waals surface area contributed by atoms with Gasteiger partial charge >= 0.3 is 5.97 Å². The van der Waals surface area contributed by atoms with Crippen LogP contribution in [0, 0.1) is 17.3 Å². The number of hydrogen-bond acceptors (Lipinski definition) is 2. The predicted octanol–water partition coefficient (Wildman–Crippen LogP) is 2.57. The quantitative estimate of drug-likeness (QED) is 0.822. The number of carbonyl (C=O) groups excluding carboxylic acids is 1. The van der Waals surface area contributed by atoms with Crippen molar-refractivity contribution in [3.8, 4) is 0 Å². The van der Waals surface area contributed by atoms with E-state index in [1.165, 1.54) is 0 Å². The number of carboxylic acids is 1. The van der Waals surface area contributed by atoms with Crippen molar-refractivity contribution in [3.63, 3.8) is 0 Å². The lowest BCUT2D eigenvalue weighted by atomic mass is 9.74. The second-order valence-corrected chi connectivity index (χ2v) is 6.38. The van der Waals surface area contributed by atoms with E-state index in [4.69, 9.17) is 0 Å². The van der Waals surface area contributed by atoms with Gasteiger partial charge in [0.25, 0.3) is 0 Å². The van der Waals surface area contributed by atoms with Crippen molar-refractivity contribution in [2.24, 2.45) is 17.3 Å². The standard InChI is InChI=1S/C15H25NO3/c1-11-6-5-7-12(11)13(17)16-10-15(14(18)19)8-3-2-4-9-15/h11-12H,2-10H2,1H3,(H,16,17)(H,18,19). The number of rotatable bonds is 4. The molecule has 0 bridgehead atoms. The van der Waals surface area contributed by atoms with Crippen LogP contribution in [-0.2, 0) is 9.59 Å². The molecule has 0 spiro atoms. The van der Waals surface area contributed by atoms with Crippen LogP contribution in [0.5, 0.6) is 0 Å². The third-order valence-electron chi connectivity index (χ3n) is 5.06. The minimum absolute atomic E-state index is 0.0659. The summed E-state index contributed by atoms with van der Waals surface area (Å²) in [5, 5.41) is 12.4. The molecule has 0 aromatic rings. The highest BCUT2D eigenvalue weighted by Crippen LogP contribution is 2.36. The summed E-state index contributed by atoms with van der Waals surface area (Å²) in [5.74, 6) is -0.148. The fourth-order valence-corrected chi connectivity index (χ4v) is 3.62. The van der Waals surface area contributed by atoms with Gasteiger partial charge in [0.1, 0.15) is 0 Å². The predicted molar refractivity (Wildman–Crippen MR) is 72.7 cm³/mol. The van der Waals surface area contributed by atoms with Crippen LogP contribution in [0.2, 0.25) is 0 Å². The first-order valence-electron chi connectivity index (χ1n) is 7.56. The van der Waals surface area contributed by atoms with E-state index in [1.54, 1.807) is 0 Å². The van der Waals surface area contributed by atoms with Gasteiger partial charge in [-0.15, -0.1) is 0 Å². The molecule has 0 saturated heterocycles. The van der Waals surface area contributed by atoms with Crippen molar-refractivity contribution in [1.29, 1.82) is 0 Å². The average molecular weight is 267 g/mol. The van der Waals surface area contributed by atoms with Gasteiger partial charge in [-0.1, -0.05) is 32.6 Å². The first-order chi connectivity index (χ1) is 9.05. The summed E-state index contributed by atoms with van der Waals surface area (Å²) in [6, 6.07) is 0. The Bertz CT molecular complexity index is 347. The highest BCUT2D eigenvalue weighted by molar-refractivity contribution is 5.81. The van der Waals surface area contributed by atoms with Crippen LogP contribution in [0.15, 0.2) is 0 Å². The van der Waals surface area contributed by atoms with Crippen LogP contribution in [0.3, 0.4) is 0 Å². The number of hydrogen-bond donors (Lipinski definition) is 2. The van der Waals surface area contributed by atoms with Crippen LogP contribution in [0.25, 0.3) is 0 Å². The summed E-state index contributed by atoms with van der Waals surface area (Å²) >= 11 is 0. The molecule has 2 unspecified atom stereocenters. The number of carboxylic acid groups (broad SMARTS) is 1. The molecule has 2 atom stereocenters. The summed E-state index contributed by atoms with van der Waals surface area (Å²) < 4.78 is 0. The van der Waals surface area contributed by atoms with E-state index in [2.05, 4.69) is 12.2 Å². The molecule has 0 aliphatic heterocycles. The van der Waals surface area contributed by atoms with Gasteiger partial charge in [-0.2, -0.15) is 0 Å². The smallest absolute Gasteiger partial charge is 0.311 e. The molecule has 2 rings (SSSR count). The monoisotopic (exact) mass is 267 g/mol. The number of carbonyl (C=O) groups is 2. The van der Waals surface area contributed by atoms with E-state index < -0.39 is 11.4 Å². The lowest BCUT2D eigenvalue weighted by Gasteiger charge is -2.33.